The smallest absolute Gasteiger partial charge is 0.333 e. The summed E-state index contributed by atoms with van der Waals surface area (Å²) >= 11 is 0. The van der Waals surface area contributed by atoms with Crippen molar-refractivity contribution in [3.8, 4) is 5.75 Å². The minimum absolute atomic E-state index is 0.0948. The van der Waals surface area contributed by atoms with E-state index in [1.807, 2.05) is 6.92 Å². The highest BCUT2D eigenvalue weighted by atomic mass is 16.6. The van der Waals surface area contributed by atoms with Crippen molar-refractivity contribution in [2.45, 2.75) is 20.3 Å². The zero-order valence-electron chi connectivity index (χ0n) is 12.7. The second-order valence-corrected chi connectivity index (χ2v) is 5.60. The van der Waals surface area contributed by atoms with Gasteiger partial charge >= 0.3 is 11.7 Å². The first-order valence-electron chi connectivity index (χ1n) is 7.32. The average molecular weight is 308 g/mol. The highest BCUT2D eigenvalue weighted by molar-refractivity contribution is 5.74. The van der Waals surface area contributed by atoms with E-state index in [4.69, 9.17) is 4.74 Å². The minimum atomic E-state index is -0.861. The van der Waals surface area contributed by atoms with E-state index in [1.54, 1.807) is 30.0 Å². The zero-order chi connectivity index (χ0) is 16.3. The lowest BCUT2D eigenvalue weighted by Gasteiger charge is -2.36. The van der Waals surface area contributed by atoms with E-state index >= 15 is 0 Å². The maximum atomic E-state index is 11.4. The molecular weight excluding hydrogens is 288 g/mol. The van der Waals surface area contributed by atoms with Crippen molar-refractivity contribution in [1.82, 2.24) is 0 Å². The summed E-state index contributed by atoms with van der Waals surface area (Å²) < 4.78 is 5.35. The number of ether oxygens (including phenoxy) is 1. The normalized spacial score (nSPS) is 21.5. The van der Waals surface area contributed by atoms with Gasteiger partial charge in [-0.05, 0) is 31.4 Å². The number of nitro benzene ring substituents is 1. The summed E-state index contributed by atoms with van der Waals surface area (Å²) in [4.78, 5) is 24.0. The van der Waals surface area contributed by atoms with Crippen LogP contribution < -0.4 is 9.64 Å². The third-order valence-electron chi connectivity index (χ3n) is 3.81. The summed E-state index contributed by atoms with van der Waals surface area (Å²) in [6.45, 7) is 4.93. The fourth-order valence-electron chi connectivity index (χ4n) is 2.95. The van der Waals surface area contributed by atoms with Gasteiger partial charge in [-0.15, -0.1) is 0 Å². The topological polar surface area (TPSA) is 92.9 Å². The molecule has 0 spiro atoms. The van der Waals surface area contributed by atoms with Gasteiger partial charge in [0.15, 0.2) is 5.75 Å². The van der Waals surface area contributed by atoms with Gasteiger partial charge in [-0.25, -0.2) is 0 Å². The van der Waals surface area contributed by atoms with Crippen LogP contribution in [0.15, 0.2) is 18.2 Å². The number of carbonyl (C=O) groups is 1. The summed E-state index contributed by atoms with van der Waals surface area (Å²) in [6.07, 6.45) is 0.588. The molecule has 0 amide bonds. The Kier molecular flexibility index (Phi) is 4.85. The van der Waals surface area contributed by atoms with Crippen molar-refractivity contribution < 1.29 is 19.6 Å². The van der Waals surface area contributed by atoms with Gasteiger partial charge < -0.3 is 14.7 Å². The number of hydrogen-bond acceptors (Lipinski definition) is 5. The Labute approximate surface area is 128 Å². The second kappa shape index (κ2) is 6.64. The standard InChI is InChI=1S/C15H20N2O5/c1-3-22-13-6-4-5-12(14(13)17(20)21)16-8-10(2)7-11(9-16)15(18)19/h4-6,10-11H,3,7-9H2,1-2H3,(H,18,19). The van der Waals surface area contributed by atoms with Gasteiger partial charge in [0.25, 0.3) is 0 Å². The average Bonchev–Trinajstić information content (AvgIpc) is 2.46. The summed E-state index contributed by atoms with van der Waals surface area (Å²) in [5, 5.41) is 20.7. The maximum Gasteiger partial charge on any atom is 0.333 e. The molecule has 2 rings (SSSR count). The molecule has 0 bridgehead atoms. The number of para-hydroxylation sites is 1. The van der Waals surface area contributed by atoms with Gasteiger partial charge in [0.2, 0.25) is 0 Å². The number of benzene rings is 1. The number of carboxylic acid groups (broad SMARTS) is 1. The molecular formula is C15H20N2O5. The highest BCUT2D eigenvalue weighted by Crippen LogP contribution is 2.39. The number of nitrogens with zero attached hydrogens (tertiary/aromatic N) is 2. The van der Waals surface area contributed by atoms with Gasteiger partial charge in [0, 0.05) is 13.1 Å². The second-order valence-electron chi connectivity index (χ2n) is 5.60. The molecule has 1 aromatic rings. The van der Waals surface area contributed by atoms with Crippen molar-refractivity contribution in [3.63, 3.8) is 0 Å². The van der Waals surface area contributed by atoms with Crippen molar-refractivity contribution in [2.75, 3.05) is 24.6 Å². The van der Waals surface area contributed by atoms with E-state index in [1.165, 1.54) is 0 Å². The van der Waals surface area contributed by atoms with Crippen LogP contribution >= 0.6 is 0 Å². The summed E-state index contributed by atoms with van der Waals surface area (Å²) in [7, 11) is 0. The van der Waals surface area contributed by atoms with Crippen molar-refractivity contribution in [3.05, 3.63) is 28.3 Å². The van der Waals surface area contributed by atoms with E-state index in [-0.39, 0.29) is 23.9 Å². The van der Waals surface area contributed by atoms with Crippen molar-refractivity contribution in [2.24, 2.45) is 11.8 Å². The van der Waals surface area contributed by atoms with Crippen LogP contribution in [0.2, 0.25) is 0 Å². The lowest BCUT2D eigenvalue weighted by atomic mass is 9.90. The van der Waals surface area contributed by atoms with Gasteiger partial charge in [0.05, 0.1) is 17.4 Å². The molecule has 1 saturated heterocycles. The van der Waals surface area contributed by atoms with E-state index in [0.717, 1.165) is 0 Å². The molecule has 22 heavy (non-hydrogen) atoms. The summed E-state index contributed by atoms with van der Waals surface area (Å²) in [6, 6.07) is 4.91. The van der Waals surface area contributed by atoms with Gasteiger partial charge in [-0.1, -0.05) is 13.0 Å². The molecule has 1 N–H and O–H groups in total. The Hall–Kier alpha value is -2.31. The molecule has 120 valence electrons. The lowest BCUT2D eigenvalue weighted by Crippen LogP contribution is -2.42. The maximum absolute atomic E-state index is 11.4. The van der Waals surface area contributed by atoms with Crippen LogP contribution in [-0.4, -0.2) is 35.7 Å². The predicted molar refractivity (Wildman–Crippen MR) is 81.4 cm³/mol. The first-order chi connectivity index (χ1) is 10.4. The molecule has 1 aliphatic rings. The molecule has 1 aromatic carbocycles. The number of rotatable bonds is 5. The van der Waals surface area contributed by atoms with Crippen LogP contribution in [-0.2, 0) is 4.79 Å². The SMILES string of the molecule is CCOc1cccc(N2CC(C)CC(C(=O)O)C2)c1[N+](=O)[O-]. The molecule has 1 fully saturated rings. The summed E-state index contributed by atoms with van der Waals surface area (Å²) in [5.74, 6) is -1.00. The first-order valence-corrected chi connectivity index (χ1v) is 7.32. The van der Waals surface area contributed by atoms with Crippen LogP contribution in [0.3, 0.4) is 0 Å². The molecule has 0 aromatic heterocycles. The molecule has 7 heteroatoms. The lowest BCUT2D eigenvalue weighted by molar-refractivity contribution is -0.385. The molecule has 0 saturated carbocycles. The summed E-state index contributed by atoms with van der Waals surface area (Å²) in [5.41, 5.74) is 0.330. The van der Waals surface area contributed by atoms with E-state index in [0.29, 0.717) is 25.3 Å². The van der Waals surface area contributed by atoms with E-state index in [9.17, 15) is 20.0 Å². The Bertz CT molecular complexity index is 575. The minimum Gasteiger partial charge on any atom is -0.487 e. The number of aliphatic carboxylic acids is 1. The highest BCUT2D eigenvalue weighted by Gasteiger charge is 2.33. The largest absolute Gasteiger partial charge is 0.487 e. The van der Waals surface area contributed by atoms with Gasteiger partial charge in [-0.3, -0.25) is 14.9 Å². The molecule has 2 atom stereocenters. The molecule has 7 nitrogen and oxygen atoms in total. The molecule has 0 radical (unpaired) electrons. The number of nitro groups is 1. The van der Waals surface area contributed by atoms with Crippen molar-refractivity contribution >= 4 is 17.3 Å². The first kappa shape index (κ1) is 16.1. The Morgan fingerprint density at radius 2 is 2.23 bits per heavy atom. The monoisotopic (exact) mass is 308 g/mol. The van der Waals surface area contributed by atoms with Crippen LogP contribution in [0.25, 0.3) is 0 Å². The van der Waals surface area contributed by atoms with Crippen LogP contribution in [0.5, 0.6) is 5.75 Å². The quantitative estimate of drug-likeness (QED) is 0.663. The van der Waals surface area contributed by atoms with E-state index < -0.39 is 16.8 Å². The van der Waals surface area contributed by atoms with Gasteiger partial charge in [0.1, 0.15) is 5.69 Å². The molecule has 2 unspecified atom stereocenters. The Morgan fingerprint density at radius 3 is 2.82 bits per heavy atom. The number of carboxylic acids is 1. The molecule has 1 heterocycles. The van der Waals surface area contributed by atoms with Crippen LogP contribution in [0, 0.1) is 22.0 Å². The Morgan fingerprint density at radius 1 is 1.50 bits per heavy atom. The zero-order valence-corrected chi connectivity index (χ0v) is 12.7. The third-order valence-corrected chi connectivity index (χ3v) is 3.81. The van der Waals surface area contributed by atoms with Gasteiger partial charge in [-0.2, -0.15) is 0 Å². The fraction of sp³-hybridized carbons (Fsp3) is 0.533. The van der Waals surface area contributed by atoms with Crippen molar-refractivity contribution in [1.29, 1.82) is 0 Å². The number of anilines is 1. The third kappa shape index (κ3) is 3.29. The van der Waals surface area contributed by atoms with Crippen LogP contribution in [0.1, 0.15) is 20.3 Å². The Balaban J connectivity index is 2.40. The molecule has 1 aliphatic heterocycles. The number of piperidine rings is 1. The predicted octanol–water partition coefficient (Wildman–Crippen LogP) is 2.54. The fourth-order valence-corrected chi connectivity index (χ4v) is 2.95. The molecule has 0 aliphatic carbocycles. The van der Waals surface area contributed by atoms with Crippen LogP contribution in [0.4, 0.5) is 11.4 Å². The number of hydrogen-bond donors (Lipinski definition) is 1. The van der Waals surface area contributed by atoms with E-state index in [2.05, 4.69) is 0 Å².